The Morgan fingerprint density at radius 2 is 1.82 bits per heavy atom. The number of likely N-dealkylation sites (N-methyl/N-ethyl adjacent to an activating group) is 1. The van der Waals surface area contributed by atoms with Crippen molar-refractivity contribution in [3.63, 3.8) is 0 Å². The van der Waals surface area contributed by atoms with Gasteiger partial charge in [0.05, 0.1) is 0 Å². The van der Waals surface area contributed by atoms with Crippen molar-refractivity contribution in [2.45, 2.75) is 26.3 Å². The number of nitrogens with zero attached hydrogens (tertiary/aromatic N) is 4. The van der Waals surface area contributed by atoms with E-state index in [1.165, 1.54) is 43.9 Å². The van der Waals surface area contributed by atoms with E-state index in [0.717, 1.165) is 32.0 Å². The normalized spacial score (nSPS) is 20.3. The van der Waals surface area contributed by atoms with Gasteiger partial charge in [0.25, 0.3) is 0 Å². The van der Waals surface area contributed by atoms with Gasteiger partial charge < -0.3 is 15.1 Å². The van der Waals surface area contributed by atoms with Gasteiger partial charge in [0, 0.05) is 58.9 Å². The van der Waals surface area contributed by atoms with Gasteiger partial charge in [-0.1, -0.05) is 43.3 Å². The first-order valence-electron chi connectivity index (χ1n) is 10.4. The molecule has 0 bridgehead atoms. The summed E-state index contributed by atoms with van der Waals surface area (Å²) in [6, 6.07) is 11.2. The molecule has 2 aliphatic heterocycles. The number of hydrogen-bond donors (Lipinski definition) is 1. The highest BCUT2D eigenvalue weighted by Crippen LogP contribution is 2.21. The zero-order valence-corrected chi connectivity index (χ0v) is 19.9. The molecule has 0 saturated carbocycles. The van der Waals surface area contributed by atoms with Crippen LogP contribution in [0.25, 0.3) is 5.57 Å². The van der Waals surface area contributed by atoms with Crippen LogP contribution in [0.2, 0.25) is 0 Å². The third-order valence-corrected chi connectivity index (χ3v) is 5.90. The molecule has 156 valence electrons. The molecule has 0 aliphatic carbocycles. The van der Waals surface area contributed by atoms with Crippen molar-refractivity contribution in [1.82, 2.24) is 20.0 Å². The molecule has 0 aromatic heterocycles. The number of guanidine groups is 1. The van der Waals surface area contributed by atoms with Crippen LogP contribution in [0.15, 0.2) is 41.4 Å². The number of hydrogen-bond acceptors (Lipinski definition) is 3. The molecule has 2 heterocycles. The van der Waals surface area contributed by atoms with Crippen molar-refractivity contribution in [3.05, 3.63) is 42.0 Å². The Labute approximate surface area is 187 Å². The fraction of sp³-hybridized carbons (Fsp3) is 0.591. The molecular weight excluding hydrogens is 461 g/mol. The Balaban J connectivity index is 0.00000280. The minimum Gasteiger partial charge on any atom is -0.355 e. The molecular formula is C22H36IN5. The topological polar surface area (TPSA) is 34.1 Å². The van der Waals surface area contributed by atoms with Gasteiger partial charge in [0.15, 0.2) is 5.96 Å². The maximum atomic E-state index is 4.53. The first-order chi connectivity index (χ1) is 13.2. The number of piperazine rings is 1. The van der Waals surface area contributed by atoms with Crippen molar-refractivity contribution in [2.24, 2.45) is 4.99 Å². The molecule has 1 atom stereocenters. The van der Waals surface area contributed by atoms with Gasteiger partial charge in [-0.2, -0.15) is 0 Å². The molecule has 0 radical (unpaired) electrons. The number of halogens is 1. The molecule has 6 heteroatoms. The van der Waals surface area contributed by atoms with E-state index in [4.69, 9.17) is 0 Å². The number of aliphatic imine (C=N–C) groups is 1. The molecule has 0 spiro atoms. The summed E-state index contributed by atoms with van der Waals surface area (Å²) in [6.45, 7) is 13.3. The first kappa shape index (κ1) is 23.2. The van der Waals surface area contributed by atoms with Gasteiger partial charge in [-0.15, -0.1) is 24.0 Å². The first-order valence-corrected chi connectivity index (χ1v) is 10.4. The molecule has 2 aliphatic rings. The molecule has 28 heavy (non-hydrogen) atoms. The molecule has 1 unspecified atom stereocenters. The molecule has 1 fully saturated rings. The summed E-state index contributed by atoms with van der Waals surface area (Å²) in [4.78, 5) is 12.0. The highest BCUT2D eigenvalue weighted by atomic mass is 127. The lowest BCUT2D eigenvalue weighted by Crippen LogP contribution is -2.53. The minimum atomic E-state index is 0. The second kappa shape index (κ2) is 11.8. The standard InChI is InChI=1S/C22H35N5.HI/c1-4-25-14-16-26(17-15-25)19(2)18-24-22(23-3)27-12-10-21(11-13-27)20-8-6-5-7-9-20;/h5-10,19H,4,11-18H2,1-3H3,(H,23,24);1H. The highest BCUT2D eigenvalue weighted by Gasteiger charge is 2.21. The lowest BCUT2D eigenvalue weighted by atomic mass is 10.00. The smallest absolute Gasteiger partial charge is 0.193 e. The van der Waals surface area contributed by atoms with E-state index in [1.807, 2.05) is 7.05 Å². The summed E-state index contributed by atoms with van der Waals surface area (Å²) in [5, 5.41) is 3.61. The van der Waals surface area contributed by atoms with Crippen molar-refractivity contribution < 1.29 is 0 Å². The molecule has 1 aromatic carbocycles. The zero-order chi connectivity index (χ0) is 19.1. The summed E-state index contributed by atoms with van der Waals surface area (Å²) < 4.78 is 0. The van der Waals surface area contributed by atoms with E-state index in [1.54, 1.807) is 0 Å². The number of nitrogens with one attached hydrogen (secondary N) is 1. The Bertz CT molecular complexity index is 638. The lowest BCUT2D eigenvalue weighted by Gasteiger charge is -2.38. The van der Waals surface area contributed by atoms with Crippen LogP contribution < -0.4 is 5.32 Å². The zero-order valence-electron chi connectivity index (χ0n) is 17.6. The van der Waals surface area contributed by atoms with Crippen molar-refractivity contribution in [3.8, 4) is 0 Å². The maximum Gasteiger partial charge on any atom is 0.193 e. The molecule has 1 aromatic rings. The van der Waals surface area contributed by atoms with Gasteiger partial charge in [-0.25, -0.2) is 0 Å². The maximum absolute atomic E-state index is 4.53. The predicted molar refractivity (Wildman–Crippen MR) is 131 cm³/mol. The number of benzene rings is 1. The van der Waals surface area contributed by atoms with Crippen LogP contribution in [0.4, 0.5) is 0 Å². The summed E-state index contributed by atoms with van der Waals surface area (Å²) in [7, 11) is 1.89. The third kappa shape index (κ3) is 6.19. The van der Waals surface area contributed by atoms with Crippen LogP contribution in [0.5, 0.6) is 0 Å². The minimum absolute atomic E-state index is 0. The molecule has 1 saturated heterocycles. The fourth-order valence-corrected chi connectivity index (χ4v) is 4.00. The highest BCUT2D eigenvalue weighted by molar-refractivity contribution is 14.0. The third-order valence-electron chi connectivity index (χ3n) is 5.90. The Hall–Kier alpha value is -1.12. The monoisotopic (exact) mass is 497 g/mol. The fourth-order valence-electron chi connectivity index (χ4n) is 4.00. The van der Waals surface area contributed by atoms with Crippen LogP contribution in [-0.2, 0) is 0 Å². The van der Waals surface area contributed by atoms with Crippen molar-refractivity contribution in [2.75, 3.05) is 59.4 Å². The Morgan fingerprint density at radius 1 is 1.11 bits per heavy atom. The van der Waals surface area contributed by atoms with E-state index in [9.17, 15) is 0 Å². The summed E-state index contributed by atoms with van der Waals surface area (Å²) in [5.74, 6) is 1.03. The SMILES string of the molecule is CCN1CCN(C(C)CNC(=NC)N2CC=C(c3ccccc3)CC2)CC1.I. The van der Waals surface area contributed by atoms with Crippen LogP contribution in [0.3, 0.4) is 0 Å². The second-order valence-corrected chi connectivity index (χ2v) is 7.54. The summed E-state index contributed by atoms with van der Waals surface area (Å²) in [5.41, 5.74) is 2.80. The van der Waals surface area contributed by atoms with E-state index >= 15 is 0 Å². The van der Waals surface area contributed by atoms with E-state index in [2.05, 4.69) is 75.3 Å². The van der Waals surface area contributed by atoms with Gasteiger partial charge in [-0.05, 0) is 31.0 Å². The van der Waals surface area contributed by atoms with E-state index in [-0.39, 0.29) is 24.0 Å². The van der Waals surface area contributed by atoms with Crippen molar-refractivity contribution >= 4 is 35.5 Å². The average molecular weight is 497 g/mol. The average Bonchev–Trinajstić information content (AvgIpc) is 2.75. The Kier molecular flexibility index (Phi) is 9.74. The largest absolute Gasteiger partial charge is 0.355 e. The van der Waals surface area contributed by atoms with Crippen LogP contribution >= 0.6 is 24.0 Å². The van der Waals surface area contributed by atoms with Gasteiger partial charge in [0.1, 0.15) is 0 Å². The van der Waals surface area contributed by atoms with Crippen LogP contribution in [0, 0.1) is 0 Å². The summed E-state index contributed by atoms with van der Waals surface area (Å²) in [6.07, 6.45) is 3.42. The van der Waals surface area contributed by atoms with E-state index < -0.39 is 0 Å². The van der Waals surface area contributed by atoms with E-state index in [0.29, 0.717) is 6.04 Å². The predicted octanol–water partition coefficient (Wildman–Crippen LogP) is 3.00. The molecule has 1 N–H and O–H groups in total. The quantitative estimate of drug-likeness (QED) is 0.386. The lowest BCUT2D eigenvalue weighted by molar-refractivity contribution is 0.107. The summed E-state index contributed by atoms with van der Waals surface area (Å²) >= 11 is 0. The molecule has 5 nitrogen and oxygen atoms in total. The van der Waals surface area contributed by atoms with Gasteiger partial charge >= 0.3 is 0 Å². The van der Waals surface area contributed by atoms with Crippen LogP contribution in [0.1, 0.15) is 25.8 Å². The van der Waals surface area contributed by atoms with Gasteiger partial charge in [-0.3, -0.25) is 9.89 Å². The van der Waals surface area contributed by atoms with Crippen molar-refractivity contribution in [1.29, 1.82) is 0 Å². The number of rotatable bonds is 5. The van der Waals surface area contributed by atoms with Crippen LogP contribution in [-0.4, -0.2) is 86.1 Å². The molecule has 3 rings (SSSR count). The molecule has 0 amide bonds. The Morgan fingerprint density at radius 3 is 2.39 bits per heavy atom. The second-order valence-electron chi connectivity index (χ2n) is 7.54. The van der Waals surface area contributed by atoms with Gasteiger partial charge in [0.2, 0.25) is 0 Å².